The Balaban J connectivity index is 0.000000261. The van der Waals surface area contributed by atoms with Crippen LogP contribution >= 0.6 is 0 Å². The van der Waals surface area contributed by atoms with E-state index in [4.69, 9.17) is 10.6 Å². The van der Waals surface area contributed by atoms with Gasteiger partial charge in [0.25, 0.3) is 0 Å². The summed E-state index contributed by atoms with van der Waals surface area (Å²) >= 11 is 0. The molecule has 28 heavy (non-hydrogen) atoms. The number of methoxy groups -OCH3 is 1. The standard InChI is InChI=1S/C14H18N4O.C7H13NO/c1-10-5-6-11(13(8-10)19-2)9-17-14-12(18-15)4-3-7-16-14;9-6-8-7-4-2-1-3-5-7/h3-8,18H,9,15H2,1-2H3,(H,16,17);6-7H,1-5H2,(H,8,9). The number of hydrogen-bond acceptors (Lipinski definition) is 6. The molecule has 7 nitrogen and oxygen atoms in total. The van der Waals surface area contributed by atoms with Crippen molar-refractivity contribution in [2.24, 2.45) is 5.84 Å². The minimum absolute atomic E-state index is 0.483. The van der Waals surface area contributed by atoms with E-state index in [-0.39, 0.29) is 0 Å². The number of nitrogens with two attached hydrogens (primary N) is 1. The van der Waals surface area contributed by atoms with Gasteiger partial charge in [0.2, 0.25) is 6.41 Å². The first kappa shape index (κ1) is 21.5. The topological polar surface area (TPSA) is 101 Å². The van der Waals surface area contributed by atoms with Gasteiger partial charge in [-0.15, -0.1) is 0 Å². The highest BCUT2D eigenvalue weighted by atomic mass is 16.5. The number of ether oxygens (including phenoxy) is 1. The number of aromatic nitrogens is 1. The lowest BCUT2D eigenvalue weighted by Gasteiger charge is -2.19. The normalized spacial score (nSPS) is 13.7. The third-order valence-electron chi connectivity index (χ3n) is 4.76. The number of nitrogen functional groups attached to an aromatic ring is 1. The highest BCUT2D eigenvalue weighted by molar-refractivity contribution is 5.63. The molecule has 1 aliphatic carbocycles. The number of hydrazine groups is 1. The van der Waals surface area contributed by atoms with Gasteiger partial charge in [-0.2, -0.15) is 0 Å². The van der Waals surface area contributed by atoms with Crippen LogP contribution in [0, 0.1) is 6.92 Å². The molecule has 0 radical (unpaired) electrons. The van der Waals surface area contributed by atoms with Crippen molar-refractivity contribution in [3.05, 3.63) is 47.7 Å². The molecule has 7 heteroatoms. The van der Waals surface area contributed by atoms with E-state index in [2.05, 4.69) is 27.1 Å². The summed E-state index contributed by atoms with van der Waals surface area (Å²) in [5, 5.41) is 6.04. The zero-order valence-electron chi connectivity index (χ0n) is 16.7. The maximum absolute atomic E-state index is 9.96. The first-order valence-electron chi connectivity index (χ1n) is 9.66. The number of aryl methyl sites for hydroxylation is 1. The fourth-order valence-electron chi connectivity index (χ4n) is 3.20. The molecule has 1 aliphatic rings. The van der Waals surface area contributed by atoms with Crippen LogP contribution in [0.1, 0.15) is 43.2 Å². The zero-order valence-corrected chi connectivity index (χ0v) is 16.7. The van der Waals surface area contributed by atoms with Gasteiger partial charge in [-0.1, -0.05) is 31.4 Å². The summed E-state index contributed by atoms with van der Waals surface area (Å²) in [6.07, 6.45) is 8.80. The molecular weight excluding hydrogens is 354 g/mol. The summed E-state index contributed by atoms with van der Waals surface area (Å²) < 4.78 is 5.37. The highest BCUT2D eigenvalue weighted by Crippen LogP contribution is 2.23. The van der Waals surface area contributed by atoms with E-state index in [1.807, 2.05) is 31.2 Å². The van der Waals surface area contributed by atoms with Crippen LogP contribution in [-0.4, -0.2) is 24.5 Å². The van der Waals surface area contributed by atoms with E-state index >= 15 is 0 Å². The van der Waals surface area contributed by atoms with Crippen LogP contribution in [0.2, 0.25) is 0 Å². The van der Waals surface area contributed by atoms with Gasteiger partial charge >= 0.3 is 0 Å². The molecule has 0 unspecified atom stereocenters. The van der Waals surface area contributed by atoms with E-state index in [1.54, 1.807) is 13.3 Å². The van der Waals surface area contributed by atoms with Crippen LogP contribution < -0.4 is 26.6 Å². The van der Waals surface area contributed by atoms with Crippen molar-refractivity contribution in [2.45, 2.75) is 51.6 Å². The Labute approximate surface area is 167 Å². The summed E-state index contributed by atoms with van der Waals surface area (Å²) in [5.41, 5.74) is 5.61. The summed E-state index contributed by atoms with van der Waals surface area (Å²) in [5.74, 6) is 7.02. The second-order valence-corrected chi connectivity index (χ2v) is 6.83. The fraction of sp³-hybridized carbons (Fsp3) is 0.429. The fourth-order valence-corrected chi connectivity index (χ4v) is 3.20. The molecule has 0 atom stereocenters. The lowest BCUT2D eigenvalue weighted by molar-refractivity contribution is -0.110. The first-order chi connectivity index (χ1) is 13.7. The SMILES string of the molecule is COc1cc(C)ccc1CNc1ncccc1NN.O=CNC1CCCCC1. The van der Waals surface area contributed by atoms with E-state index in [0.717, 1.165) is 23.4 Å². The van der Waals surface area contributed by atoms with Crippen LogP contribution in [0.5, 0.6) is 5.75 Å². The van der Waals surface area contributed by atoms with E-state index in [0.29, 0.717) is 18.4 Å². The number of nitrogens with one attached hydrogen (secondary N) is 3. The Hall–Kier alpha value is -2.80. The number of nitrogens with zero attached hydrogens (tertiary/aromatic N) is 1. The Morgan fingerprint density at radius 3 is 2.71 bits per heavy atom. The van der Waals surface area contributed by atoms with Crippen molar-refractivity contribution in [2.75, 3.05) is 17.9 Å². The van der Waals surface area contributed by atoms with E-state index in [1.165, 1.54) is 37.7 Å². The molecule has 0 aliphatic heterocycles. The van der Waals surface area contributed by atoms with Crippen molar-refractivity contribution in [3.63, 3.8) is 0 Å². The summed E-state index contributed by atoms with van der Waals surface area (Å²) in [6.45, 7) is 2.66. The predicted molar refractivity (Wildman–Crippen MR) is 113 cm³/mol. The van der Waals surface area contributed by atoms with Gasteiger partial charge in [0, 0.05) is 24.3 Å². The Kier molecular flexibility index (Phi) is 9.07. The van der Waals surface area contributed by atoms with Crippen molar-refractivity contribution in [3.8, 4) is 5.75 Å². The molecule has 0 saturated heterocycles. The molecule has 152 valence electrons. The molecule has 2 aromatic rings. The van der Waals surface area contributed by atoms with Gasteiger partial charge in [0.05, 0.1) is 12.8 Å². The van der Waals surface area contributed by atoms with E-state index < -0.39 is 0 Å². The summed E-state index contributed by atoms with van der Waals surface area (Å²) in [6, 6.07) is 10.3. The highest BCUT2D eigenvalue weighted by Gasteiger charge is 2.10. The molecule has 1 aromatic heterocycles. The summed E-state index contributed by atoms with van der Waals surface area (Å²) in [7, 11) is 1.67. The largest absolute Gasteiger partial charge is 0.496 e. The molecular formula is C21H31N5O2. The van der Waals surface area contributed by atoms with E-state index in [9.17, 15) is 4.79 Å². The quantitative estimate of drug-likeness (QED) is 0.331. The number of benzene rings is 1. The molecule has 1 fully saturated rings. The molecule has 1 amide bonds. The predicted octanol–water partition coefficient (Wildman–Crippen LogP) is 3.36. The van der Waals surface area contributed by atoms with Gasteiger partial charge < -0.3 is 20.8 Å². The number of carbonyl (C=O) groups is 1. The van der Waals surface area contributed by atoms with Crippen LogP contribution in [-0.2, 0) is 11.3 Å². The zero-order chi connectivity index (χ0) is 20.2. The number of anilines is 2. The van der Waals surface area contributed by atoms with Crippen molar-refractivity contribution in [1.82, 2.24) is 10.3 Å². The van der Waals surface area contributed by atoms with Crippen LogP contribution in [0.3, 0.4) is 0 Å². The minimum atomic E-state index is 0.483. The Morgan fingerprint density at radius 1 is 1.25 bits per heavy atom. The number of rotatable bonds is 7. The average molecular weight is 386 g/mol. The van der Waals surface area contributed by atoms with Gasteiger partial charge in [-0.25, -0.2) is 4.98 Å². The molecule has 3 rings (SSSR count). The minimum Gasteiger partial charge on any atom is -0.496 e. The third-order valence-corrected chi connectivity index (χ3v) is 4.76. The van der Waals surface area contributed by atoms with Gasteiger partial charge in [-0.05, 0) is 43.5 Å². The van der Waals surface area contributed by atoms with Crippen molar-refractivity contribution < 1.29 is 9.53 Å². The summed E-state index contributed by atoms with van der Waals surface area (Å²) in [4.78, 5) is 14.2. The lowest BCUT2D eigenvalue weighted by atomic mass is 9.96. The van der Waals surface area contributed by atoms with Gasteiger partial charge in [-0.3, -0.25) is 10.6 Å². The third kappa shape index (κ3) is 6.74. The van der Waals surface area contributed by atoms with Crippen molar-refractivity contribution >= 4 is 17.9 Å². The number of hydrogen-bond donors (Lipinski definition) is 4. The Morgan fingerprint density at radius 2 is 2.04 bits per heavy atom. The molecule has 0 spiro atoms. The second-order valence-electron chi connectivity index (χ2n) is 6.83. The van der Waals surface area contributed by atoms with Crippen LogP contribution in [0.4, 0.5) is 11.5 Å². The molecule has 1 heterocycles. The maximum Gasteiger partial charge on any atom is 0.207 e. The molecule has 0 bridgehead atoms. The van der Waals surface area contributed by atoms with Crippen LogP contribution in [0.15, 0.2) is 36.5 Å². The number of amides is 1. The van der Waals surface area contributed by atoms with Crippen molar-refractivity contribution in [1.29, 1.82) is 0 Å². The molecule has 1 aromatic carbocycles. The second kappa shape index (κ2) is 11.8. The number of pyridine rings is 1. The van der Waals surface area contributed by atoms with Gasteiger partial charge in [0.15, 0.2) is 5.82 Å². The molecule has 1 saturated carbocycles. The average Bonchev–Trinajstić information content (AvgIpc) is 2.74. The smallest absolute Gasteiger partial charge is 0.207 e. The molecule has 5 N–H and O–H groups in total. The lowest BCUT2D eigenvalue weighted by Crippen LogP contribution is -2.29. The first-order valence-corrected chi connectivity index (χ1v) is 9.66. The monoisotopic (exact) mass is 385 g/mol. The maximum atomic E-state index is 9.96. The number of carbonyl (C=O) groups excluding carboxylic acids is 1. The van der Waals surface area contributed by atoms with Crippen LogP contribution in [0.25, 0.3) is 0 Å². The Bertz CT molecular complexity index is 732. The van der Waals surface area contributed by atoms with Gasteiger partial charge in [0.1, 0.15) is 5.75 Å².